The van der Waals surface area contributed by atoms with Gasteiger partial charge in [0.2, 0.25) is 0 Å². The molecule has 4 nitrogen and oxygen atoms in total. The van der Waals surface area contributed by atoms with Crippen LogP contribution in [0.5, 0.6) is 5.75 Å². The van der Waals surface area contributed by atoms with Crippen LogP contribution in [0, 0.1) is 0 Å². The maximum Gasteiger partial charge on any atom is 0.184 e. The van der Waals surface area contributed by atoms with Crippen molar-refractivity contribution in [1.82, 2.24) is 15.2 Å². The van der Waals surface area contributed by atoms with Crippen LogP contribution in [-0.2, 0) is 12.2 Å². The zero-order valence-corrected chi connectivity index (χ0v) is 13.2. The van der Waals surface area contributed by atoms with Gasteiger partial charge in [0.05, 0.1) is 7.11 Å². The zero-order valence-electron chi connectivity index (χ0n) is 11.6. The van der Waals surface area contributed by atoms with E-state index in [2.05, 4.69) is 32.0 Å². The third kappa shape index (κ3) is 3.86. The number of thioether (sulfide) groups is 1. The summed E-state index contributed by atoms with van der Waals surface area (Å²) < 4.78 is 5.15. The molecular formula is C15H15N3OS2. The fourth-order valence-electron chi connectivity index (χ4n) is 1.88. The first-order valence-electron chi connectivity index (χ1n) is 6.51. The topological polar surface area (TPSA) is 50.8 Å². The van der Waals surface area contributed by atoms with E-state index in [4.69, 9.17) is 4.74 Å². The Balaban J connectivity index is 1.59. The Morgan fingerprint density at radius 3 is 2.76 bits per heavy atom. The van der Waals surface area contributed by atoms with Gasteiger partial charge in [0.15, 0.2) is 11.0 Å². The highest BCUT2D eigenvalue weighted by molar-refractivity contribution is 7.98. The maximum absolute atomic E-state index is 5.15. The highest BCUT2D eigenvalue weighted by atomic mass is 32.2. The minimum Gasteiger partial charge on any atom is -0.497 e. The van der Waals surface area contributed by atoms with Gasteiger partial charge in [-0.25, -0.2) is 4.98 Å². The Morgan fingerprint density at radius 2 is 2.05 bits per heavy atom. The van der Waals surface area contributed by atoms with E-state index in [1.807, 2.05) is 24.3 Å². The van der Waals surface area contributed by atoms with Gasteiger partial charge in [0, 0.05) is 12.2 Å². The van der Waals surface area contributed by atoms with E-state index in [1.54, 1.807) is 30.2 Å². The summed E-state index contributed by atoms with van der Waals surface area (Å²) in [4.78, 5) is 4.52. The lowest BCUT2D eigenvalue weighted by molar-refractivity contribution is 0.414. The minimum absolute atomic E-state index is 0.722. The number of H-pyrrole nitrogens is 1. The average molecular weight is 317 g/mol. The van der Waals surface area contributed by atoms with Gasteiger partial charge in [-0.15, -0.1) is 0 Å². The number of benzene rings is 1. The van der Waals surface area contributed by atoms with Crippen LogP contribution in [0.25, 0.3) is 0 Å². The highest BCUT2D eigenvalue weighted by Gasteiger charge is 2.06. The highest BCUT2D eigenvalue weighted by Crippen LogP contribution is 2.21. The largest absolute Gasteiger partial charge is 0.497 e. The smallest absolute Gasteiger partial charge is 0.184 e. The summed E-state index contributed by atoms with van der Waals surface area (Å²) in [7, 11) is 1.67. The Morgan fingerprint density at radius 1 is 1.19 bits per heavy atom. The molecule has 0 atom stereocenters. The second kappa shape index (κ2) is 6.78. The minimum atomic E-state index is 0.722. The lowest BCUT2D eigenvalue weighted by Crippen LogP contribution is -1.91. The van der Waals surface area contributed by atoms with E-state index in [0.29, 0.717) is 0 Å². The van der Waals surface area contributed by atoms with Crippen LogP contribution < -0.4 is 4.74 Å². The SMILES string of the molecule is COc1ccc(Cc2n[nH]c(SCc3ccsc3)n2)cc1. The van der Waals surface area contributed by atoms with Gasteiger partial charge in [-0.05, 0) is 40.1 Å². The van der Waals surface area contributed by atoms with Gasteiger partial charge in [0.1, 0.15) is 5.75 Å². The van der Waals surface area contributed by atoms with E-state index in [9.17, 15) is 0 Å². The van der Waals surface area contributed by atoms with Gasteiger partial charge in [0.25, 0.3) is 0 Å². The van der Waals surface area contributed by atoms with E-state index >= 15 is 0 Å². The molecule has 1 aromatic carbocycles. The predicted molar refractivity (Wildman–Crippen MR) is 86.1 cm³/mol. The molecule has 0 aliphatic carbocycles. The molecule has 0 radical (unpaired) electrons. The van der Waals surface area contributed by atoms with Crippen LogP contribution in [0.3, 0.4) is 0 Å². The van der Waals surface area contributed by atoms with Crippen LogP contribution >= 0.6 is 23.1 Å². The van der Waals surface area contributed by atoms with Crippen molar-refractivity contribution < 1.29 is 4.74 Å². The standard InChI is InChI=1S/C15H15N3OS2/c1-19-13-4-2-11(3-5-13)8-14-16-15(18-17-14)21-10-12-6-7-20-9-12/h2-7,9H,8,10H2,1H3,(H,16,17,18). The molecule has 0 bridgehead atoms. The summed E-state index contributed by atoms with van der Waals surface area (Å²) in [5.41, 5.74) is 2.49. The van der Waals surface area contributed by atoms with Gasteiger partial charge < -0.3 is 4.74 Å². The number of aromatic nitrogens is 3. The van der Waals surface area contributed by atoms with Crippen molar-refractivity contribution in [2.75, 3.05) is 7.11 Å². The summed E-state index contributed by atoms with van der Waals surface area (Å²) >= 11 is 3.39. The van der Waals surface area contributed by atoms with Crippen molar-refractivity contribution in [3.63, 3.8) is 0 Å². The van der Waals surface area contributed by atoms with Crippen molar-refractivity contribution in [1.29, 1.82) is 0 Å². The van der Waals surface area contributed by atoms with Crippen molar-refractivity contribution in [3.05, 3.63) is 58.0 Å². The van der Waals surface area contributed by atoms with E-state index in [0.717, 1.165) is 28.9 Å². The summed E-state index contributed by atoms with van der Waals surface area (Å²) in [5, 5.41) is 12.4. The van der Waals surface area contributed by atoms with Crippen molar-refractivity contribution >= 4 is 23.1 Å². The number of hydrogen-bond donors (Lipinski definition) is 1. The van der Waals surface area contributed by atoms with Crippen molar-refractivity contribution in [2.45, 2.75) is 17.3 Å². The van der Waals surface area contributed by atoms with Crippen molar-refractivity contribution in [2.24, 2.45) is 0 Å². The monoisotopic (exact) mass is 317 g/mol. The van der Waals surface area contributed by atoms with Gasteiger partial charge in [-0.1, -0.05) is 23.9 Å². The van der Waals surface area contributed by atoms with E-state index < -0.39 is 0 Å². The number of hydrogen-bond acceptors (Lipinski definition) is 5. The second-order valence-corrected chi connectivity index (χ2v) is 6.25. The predicted octanol–water partition coefficient (Wildman–Crippen LogP) is 3.76. The quantitative estimate of drug-likeness (QED) is 0.703. The Hall–Kier alpha value is -1.79. The molecule has 0 saturated carbocycles. The molecule has 0 amide bonds. The van der Waals surface area contributed by atoms with Gasteiger partial charge >= 0.3 is 0 Å². The number of nitrogens with one attached hydrogen (secondary N) is 1. The molecule has 21 heavy (non-hydrogen) atoms. The number of ether oxygens (including phenoxy) is 1. The van der Waals surface area contributed by atoms with Crippen molar-refractivity contribution in [3.8, 4) is 5.75 Å². The van der Waals surface area contributed by atoms with E-state index in [-0.39, 0.29) is 0 Å². The number of methoxy groups -OCH3 is 1. The Bertz CT molecular complexity index is 677. The third-order valence-corrected chi connectivity index (χ3v) is 4.65. The molecule has 0 fully saturated rings. The fraction of sp³-hybridized carbons (Fsp3) is 0.200. The lowest BCUT2D eigenvalue weighted by Gasteiger charge is -2.00. The molecule has 0 unspecified atom stereocenters. The van der Waals surface area contributed by atoms with Crippen LogP contribution in [-0.4, -0.2) is 22.3 Å². The third-order valence-electron chi connectivity index (χ3n) is 2.99. The number of rotatable bonds is 6. The second-order valence-electron chi connectivity index (χ2n) is 4.50. The number of aromatic amines is 1. The molecule has 3 aromatic rings. The molecule has 2 aromatic heterocycles. The van der Waals surface area contributed by atoms with E-state index in [1.165, 1.54) is 11.1 Å². The lowest BCUT2D eigenvalue weighted by atomic mass is 10.1. The van der Waals surface area contributed by atoms with Crippen LogP contribution in [0.1, 0.15) is 17.0 Å². The first kappa shape index (κ1) is 14.2. The number of nitrogens with zero attached hydrogens (tertiary/aromatic N) is 2. The fourth-order valence-corrected chi connectivity index (χ4v) is 3.41. The number of thiophene rings is 1. The van der Waals surface area contributed by atoms with Crippen LogP contribution in [0.2, 0.25) is 0 Å². The zero-order chi connectivity index (χ0) is 14.5. The molecule has 2 heterocycles. The molecule has 0 aliphatic heterocycles. The molecule has 1 N–H and O–H groups in total. The Labute approximate surface area is 131 Å². The summed E-state index contributed by atoms with van der Waals surface area (Å²) in [6, 6.07) is 10.1. The van der Waals surface area contributed by atoms with Crippen LogP contribution in [0.15, 0.2) is 46.2 Å². The molecule has 0 saturated heterocycles. The average Bonchev–Trinajstić information content (AvgIpc) is 3.17. The first-order valence-corrected chi connectivity index (χ1v) is 8.44. The first-order chi connectivity index (χ1) is 10.3. The molecule has 0 spiro atoms. The normalized spacial score (nSPS) is 10.7. The van der Waals surface area contributed by atoms with Gasteiger partial charge in [-0.2, -0.15) is 16.4 Å². The van der Waals surface area contributed by atoms with Crippen LogP contribution in [0.4, 0.5) is 0 Å². The summed E-state index contributed by atoms with van der Waals surface area (Å²) in [5.74, 6) is 2.59. The molecule has 3 rings (SSSR count). The molecule has 108 valence electrons. The maximum atomic E-state index is 5.15. The van der Waals surface area contributed by atoms with Gasteiger partial charge in [-0.3, -0.25) is 5.10 Å². The molecule has 6 heteroatoms. The summed E-state index contributed by atoms with van der Waals surface area (Å²) in [6.07, 6.45) is 0.722. The molecular weight excluding hydrogens is 302 g/mol. The summed E-state index contributed by atoms with van der Waals surface area (Å²) in [6.45, 7) is 0. The Kier molecular flexibility index (Phi) is 4.57. The molecule has 0 aliphatic rings.